The van der Waals surface area contributed by atoms with Crippen LogP contribution in [0.4, 0.5) is 0 Å². The quantitative estimate of drug-likeness (QED) is 0.485. The second-order valence-electron chi connectivity index (χ2n) is 8.58. The molecule has 0 bridgehead atoms. The molecule has 3 aromatic rings. The van der Waals surface area contributed by atoms with Gasteiger partial charge in [-0.1, -0.05) is 60.7 Å². The Balaban J connectivity index is 1.44. The third kappa shape index (κ3) is 5.88. The van der Waals surface area contributed by atoms with Crippen molar-refractivity contribution < 1.29 is 9.59 Å². The van der Waals surface area contributed by atoms with Crippen LogP contribution in [0.5, 0.6) is 0 Å². The molecule has 0 spiro atoms. The van der Waals surface area contributed by atoms with E-state index in [1.165, 1.54) is 0 Å². The highest BCUT2D eigenvalue weighted by molar-refractivity contribution is 5.85. The molecule has 1 saturated carbocycles. The van der Waals surface area contributed by atoms with Crippen LogP contribution in [0.1, 0.15) is 36.1 Å². The van der Waals surface area contributed by atoms with Gasteiger partial charge in [-0.15, -0.1) is 0 Å². The highest BCUT2D eigenvalue weighted by atomic mass is 16.2. The maximum Gasteiger partial charge on any atom is 0.242 e. The van der Waals surface area contributed by atoms with Gasteiger partial charge < -0.3 is 14.4 Å². The third-order valence-electron chi connectivity index (χ3n) is 6.06. The molecule has 0 N–H and O–H groups in total. The lowest BCUT2D eigenvalue weighted by Crippen LogP contribution is -2.43. The fraction of sp³-hybridized carbons (Fsp3) is 0.333. The lowest BCUT2D eigenvalue weighted by Gasteiger charge is -2.28. The summed E-state index contributed by atoms with van der Waals surface area (Å²) >= 11 is 0. The summed E-state index contributed by atoms with van der Waals surface area (Å²) < 4.78 is 2.04. The lowest BCUT2D eigenvalue weighted by molar-refractivity contribution is -0.141. The van der Waals surface area contributed by atoms with Crippen LogP contribution in [-0.2, 0) is 36.1 Å². The first-order valence-corrected chi connectivity index (χ1v) is 11.4. The average Bonchev–Trinajstić information content (AvgIpc) is 3.58. The van der Waals surface area contributed by atoms with Gasteiger partial charge in [0.15, 0.2) is 0 Å². The monoisotopic (exact) mass is 429 g/mol. The van der Waals surface area contributed by atoms with Crippen LogP contribution in [0.15, 0.2) is 79.0 Å². The molecule has 1 fully saturated rings. The molecule has 1 aliphatic rings. The molecule has 5 heteroatoms. The van der Waals surface area contributed by atoms with Crippen molar-refractivity contribution >= 4 is 11.8 Å². The molecule has 0 aliphatic heterocycles. The van der Waals surface area contributed by atoms with Gasteiger partial charge in [0.25, 0.3) is 0 Å². The van der Waals surface area contributed by atoms with Crippen molar-refractivity contribution in [3.63, 3.8) is 0 Å². The van der Waals surface area contributed by atoms with Crippen molar-refractivity contribution in [2.45, 2.75) is 44.8 Å². The largest absolute Gasteiger partial charge is 0.353 e. The fourth-order valence-corrected chi connectivity index (χ4v) is 3.98. The molecule has 0 atom stereocenters. The Kier molecular flexibility index (Phi) is 7.05. The van der Waals surface area contributed by atoms with Crippen LogP contribution in [-0.4, -0.2) is 38.8 Å². The van der Waals surface area contributed by atoms with Crippen molar-refractivity contribution in [3.05, 3.63) is 95.8 Å². The summed E-state index contributed by atoms with van der Waals surface area (Å²) in [7, 11) is 1.99. The van der Waals surface area contributed by atoms with Gasteiger partial charge in [-0.2, -0.15) is 0 Å². The number of aromatic nitrogens is 1. The van der Waals surface area contributed by atoms with Gasteiger partial charge in [0.1, 0.15) is 6.54 Å². The average molecular weight is 430 g/mol. The Hall–Kier alpha value is -3.34. The molecular formula is C27H31N3O2. The zero-order chi connectivity index (χ0) is 22.3. The highest BCUT2D eigenvalue weighted by Gasteiger charge is 2.34. The SMILES string of the molecule is Cn1cccc1CN(Cc1ccccc1)C(=O)CN(C(=O)CCc1ccccc1)C1CC1. The van der Waals surface area contributed by atoms with Gasteiger partial charge in [-0.05, 0) is 42.5 Å². The molecular weight excluding hydrogens is 398 g/mol. The number of amides is 2. The van der Waals surface area contributed by atoms with Gasteiger partial charge in [0.2, 0.25) is 11.8 Å². The van der Waals surface area contributed by atoms with E-state index < -0.39 is 0 Å². The minimum atomic E-state index is -0.00462. The number of aryl methyl sites for hydroxylation is 2. The molecule has 4 rings (SSSR count). The van der Waals surface area contributed by atoms with Crippen molar-refractivity contribution in [3.8, 4) is 0 Å². The Morgan fingerprint density at radius 1 is 0.844 bits per heavy atom. The molecule has 1 heterocycles. The van der Waals surface area contributed by atoms with Crippen LogP contribution in [0.3, 0.4) is 0 Å². The zero-order valence-electron chi connectivity index (χ0n) is 18.7. The zero-order valence-corrected chi connectivity index (χ0v) is 18.7. The first kappa shape index (κ1) is 21.9. The Bertz CT molecular complexity index is 1030. The third-order valence-corrected chi connectivity index (χ3v) is 6.06. The van der Waals surface area contributed by atoms with Gasteiger partial charge in [0.05, 0.1) is 6.54 Å². The molecule has 0 radical (unpaired) electrons. The van der Waals surface area contributed by atoms with Gasteiger partial charge >= 0.3 is 0 Å². The van der Waals surface area contributed by atoms with E-state index in [0.717, 1.165) is 29.7 Å². The van der Waals surface area contributed by atoms with E-state index in [4.69, 9.17) is 0 Å². The van der Waals surface area contributed by atoms with Crippen molar-refractivity contribution in [1.29, 1.82) is 0 Å². The highest BCUT2D eigenvalue weighted by Crippen LogP contribution is 2.28. The maximum absolute atomic E-state index is 13.4. The number of hydrogen-bond donors (Lipinski definition) is 0. The van der Waals surface area contributed by atoms with E-state index >= 15 is 0 Å². The number of nitrogens with zero attached hydrogens (tertiary/aromatic N) is 3. The fourth-order valence-electron chi connectivity index (χ4n) is 3.98. The number of carbonyl (C=O) groups is 2. The standard InChI is InChI=1S/C27H31N3O2/c1-28-18-8-13-25(28)20-29(19-23-11-6-3-7-12-23)27(32)21-30(24-15-16-24)26(31)17-14-22-9-4-2-5-10-22/h2-13,18,24H,14-17,19-21H2,1H3. The Morgan fingerprint density at radius 2 is 1.50 bits per heavy atom. The molecule has 166 valence electrons. The second-order valence-corrected chi connectivity index (χ2v) is 8.58. The van der Waals surface area contributed by atoms with Crippen molar-refractivity contribution in [1.82, 2.24) is 14.4 Å². The minimum absolute atomic E-state index is 0.00462. The predicted octanol–water partition coefficient (Wildman–Crippen LogP) is 4.18. The lowest BCUT2D eigenvalue weighted by atomic mass is 10.1. The minimum Gasteiger partial charge on any atom is -0.353 e. The topological polar surface area (TPSA) is 45.6 Å². The van der Waals surface area contributed by atoms with Crippen LogP contribution in [0.2, 0.25) is 0 Å². The van der Waals surface area contributed by atoms with E-state index in [1.807, 2.05) is 100 Å². The van der Waals surface area contributed by atoms with Gasteiger partial charge in [-0.3, -0.25) is 9.59 Å². The van der Waals surface area contributed by atoms with Crippen molar-refractivity contribution in [2.24, 2.45) is 7.05 Å². The first-order valence-electron chi connectivity index (χ1n) is 11.4. The first-order chi connectivity index (χ1) is 15.6. The van der Waals surface area contributed by atoms with E-state index in [1.54, 1.807) is 0 Å². The summed E-state index contributed by atoms with van der Waals surface area (Å²) in [5, 5.41) is 0. The molecule has 5 nitrogen and oxygen atoms in total. The summed E-state index contributed by atoms with van der Waals surface area (Å²) in [6, 6.07) is 24.3. The van der Waals surface area contributed by atoms with Crippen LogP contribution >= 0.6 is 0 Å². The summed E-state index contributed by atoms with van der Waals surface area (Å²) in [6.07, 6.45) is 5.10. The normalized spacial score (nSPS) is 13.0. The Labute approximate surface area is 190 Å². The van der Waals surface area contributed by atoms with Crippen LogP contribution < -0.4 is 0 Å². The molecule has 32 heavy (non-hydrogen) atoms. The summed E-state index contributed by atoms with van der Waals surface area (Å²) in [5.74, 6) is 0.0678. The number of rotatable bonds is 10. The van der Waals surface area contributed by atoms with E-state index in [0.29, 0.717) is 25.9 Å². The molecule has 0 saturated heterocycles. The number of carbonyl (C=O) groups excluding carboxylic acids is 2. The smallest absolute Gasteiger partial charge is 0.242 e. The van der Waals surface area contributed by atoms with Crippen LogP contribution in [0, 0.1) is 0 Å². The summed E-state index contributed by atoms with van der Waals surface area (Å²) in [6.45, 7) is 1.20. The van der Waals surface area contributed by atoms with Crippen LogP contribution in [0.25, 0.3) is 0 Å². The Morgan fingerprint density at radius 3 is 2.09 bits per heavy atom. The van der Waals surface area contributed by atoms with Gasteiger partial charge in [0, 0.05) is 37.9 Å². The molecule has 2 amide bonds. The number of benzene rings is 2. The molecule has 0 unspecified atom stereocenters. The van der Waals surface area contributed by atoms with E-state index in [2.05, 4.69) is 0 Å². The summed E-state index contributed by atoms with van der Waals surface area (Å²) in [4.78, 5) is 30.1. The molecule has 1 aromatic heterocycles. The second kappa shape index (κ2) is 10.3. The maximum atomic E-state index is 13.4. The van der Waals surface area contributed by atoms with Crippen molar-refractivity contribution in [2.75, 3.05) is 6.54 Å². The predicted molar refractivity (Wildman–Crippen MR) is 126 cm³/mol. The molecule has 2 aromatic carbocycles. The summed E-state index contributed by atoms with van der Waals surface area (Å²) in [5.41, 5.74) is 3.31. The van der Waals surface area contributed by atoms with E-state index in [-0.39, 0.29) is 24.4 Å². The van der Waals surface area contributed by atoms with E-state index in [9.17, 15) is 9.59 Å². The molecule has 1 aliphatic carbocycles. The number of hydrogen-bond acceptors (Lipinski definition) is 2. The van der Waals surface area contributed by atoms with Gasteiger partial charge in [-0.25, -0.2) is 0 Å².